The zero-order valence-corrected chi connectivity index (χ0v) is 13.4. The van der Waals surface area contributed by atoms with Crippen molar-refractivity contribution in [3.8, 4) is 5.75 Å². The number of methoxy groups -OCH3 is 1. The fourth-order valence-corrected chi connectivity index (χ4v) is 2.73. The maximum atomic E-state index is 13.8. The van der Waals surface area contributed by atoms with Gasteiger partial charge >= 0.3 is 0 Å². The lowest BCUT2D eigenvalue weighted by Crippen LogP contribution is -2.42. The number of pyridine rings is 1. The molecule has 1 aromatic carbocycles. The summed E-state index contributed by atoms with van der Waals surface area (Å²) in [7, 11) is 1.58. The van der Waals surface area contributed by atoms with Gasteiger partial charge < -0.3 is 14.4 Å². The van der Waals surface area contributed by atoms with Gasteiger partial charge in [-0.2, -0.15) is 0 Å². The summed E-state index contributed by atoms with van der Waals surface area (Å²) >= 11 is 0. The molecule has 0 saturated heterocycles. The zero-order chi connectivity index (χ0) is 16.9. The van der Waals surface area contributed by atoms with Crippen LogP contribution in [0.15, 0.2) is 42.6 Å². The molecule has 1 unspecified atom stereocenters. The molecule has 0 bridgehead atoms. The van der Waals surface area contributed by atoms with E-state index in [0.717, 1.165) is 11.3 Å². The maximum Gasteiger partial charge on any atom is 0.264 e. The van der Waals surface area contributed by atoms with Gasteiger partial charge in [-0.25, -0.2) is 4.39 Å². The molecule has 1 amide bonds. The Labute approximate surface area is 140 Å². The topological polar surface area (TPSA) is 51.7 Å². The molecule has 0 spiro atoms. The van der Waals surface area contributed by atoms with Crippen molar-refractivity contribution >= 4 is 5.91 Å². The molecule has 1 aliphatic heterocycles. The molecule has 5 nitrogen and oxygen atoms in total. The van der Waals surface area contributed by atoms with E-state index in [0.29, 0.717) is 26.1 Å². The second kappa shape index (κ2) is 7.40. The predicted molar refractivity (Wildman–Crippen MR) is 86.1 cm³/mol. The fraction of sp³-hybridized carbons (Fsp3) is 0.333. The average molecular weight is 330 g/mol. The first-order valence-electron chi connectivity index (χ1n) is 7.80. The number of para-hydroxylation sites is 1. The predicted octanol–water partition coefficient (Wildman–Crippen LogP) is 2.20. The first-order chi connectivity index (χ1) is 11.7. The molecular formula is C18H19FN2O3. The largest absolute Gasteiger partial charge is 0.477 e. The van der Waals surface area contributed by atoms with E-state index in [2.05, 4.69) is 4.98 Å². The van der Waals surface area contributed by atoms with Crippen LogP contribution in [0, 0.1) is 5.82 Å². The van der Waals surface area contributed by atoms with Gasteiger partial charge in [-0.05, 0) is 18.2 Å². The SMILES string of the molecule is COCCN(Cc1ccccn1)C(=O)C1Cc2cccc(F)c2O1. The van der Waals surface area contributed by atoms with E-state index >= 15 is 0 Å². The Balaban J connectivity index is 1.73. The summed E-state index contributed by atoms with van der Waals surface area (Å²) in [4.78, 5) is 18.7. The molecule has 126 valence electrons. The van der Waals surface area contributed by atoms with E-state index in [4.69, 9.17) is 9.47 Å². The number of fused-ring (bicyclic) bond motifs is 1. The van der Waals surface area contributed by atoms with Crippen LogP contribution in [-0.2, 0) is 22.5 Å². The minimum atomic E-state index is -0.711. The summed E-state index contributed by atoms with van der Waals surface area (Å²) in [6, 6.07) is 10.3. The quantitative estimate of drug-likeness (QED) is 0.815. The average Bonchev–Trinajstić information content (AvgIpc) is 3.04. The molecule has 0 radical (unpaired) electrons. The number of carbonyl (C=O) groups is 1. The molecule has 1 atom stereocenters. The summed E-state index contributed by atoms with van der Waals surface area (Å²) in [5.74, 6) is -0.440. The lowest BCUT2D eigenvalue weighted by atomic mass is 10.1. The van der Waals surface area contributed by atoms with Gasteiger partial charge in [-0.1, -0.05) is 18.2 Å². The van der Waals surface area contributed by atoms with Crippen LogP contribution in [0.1, 0.15) is 11.3 Å². The Hall–Kier alpha value is -2.47. The second-order valence-electron chi connectivity index (χ2n) is 5.61. The molecule has 0 saturated carbocycles. The van der Waals surface area contributed by atoms with Gasteiger partial charge in [0.25, 0.3) is 5.91 Å². The highest BCUT2D eigenvalue weighted by atomic mass is 19.1. The van der Waals surface area contributed by atoms with E-state index in [-0.39, 0.29) is 11.7 Å². The third-order valence-corrected chi connectivity index (χ3v) is 3.95. The van der Waals surface area contributed by atoms with E-state index in [1.165, 1.54) is 6.07 Å². The van der Waals surface area contributed by atoms with Crippen molar-refractivity contribution in [3.05, 3.63) is 59.7 Å². The summed E-state index contributed by atoms with van der Waals surface area (Å²) in [6.07, 6.45) is 1.35. The molecule has 0 aliphatic carbocycles. The Morgan fingerprint density at radius 1 is 1.38 bits per heavy atom. The summed E-state index contributed by atoms with van der Waals surface area (Å²) < 4.78 is 24.5. The van der Waals surface area contributed by atoms with Gasteiger partial charge in [0.2, 0.25) is 0 Å². The second-order valence-corrected chi connectivity index (χ2v) is 5.61. The third kappa shape index (κ3) is 3.54. The summed E-state index contributed by atoms with van der Waals surface area (Å²) in [5, 5.41) is 0. The molecule has 24 heavy (non-hydrogen) atoms. The lowest BCUT2D eigenvalue weighted by Gasteiger charge is -2.24. The van der Waals surface area contributed by atoms with E-state index in [1.807, 2.05) is 18.2 Å². The third-order valence-electron chi connectivity index (χ3n) is 3.95. The number of aromatic nitrogens is 1. The number of nitrogens with zero attached hydrogens (tertiary/aromatic N) is 2. The van der Waals surface area contributed by atoms with Crippen molar-refractivity contribution in [1.29, 1.82) is 0 Å². The van der Waals surface area contributed by atoms with Crippen molar-refractivity contribution in [2.45, 2.75) is 19.1 Å². The number of benzene rings is 1. The number of amides is 1. The van der Waals surface area contributed by atoms with Crippen LogP contribution in [-0.4, -0.2) is 42.2 Å². The Kier molecular flexibility index (Phi) is 5.05. The summed E-state index contributed by atoms with van der Waals surface area (Å²) in [6.45, 7) is 1.19. The van der Waals surface area contributed by atoms with Crippen molar-refractivity contribution in [1.82, 2.24) is 9.88 Å². The van der Waals surface area contributed by atoms with Gasteiger partial charge in [0.05, 0.1) is 18.8 Å². The molecule has 0 fully saturated rings. The highest BCUT2D eigenvalue weighted by Crippen LogP contribution is 2.32. The van der Waals surface area contributed by atoms with Gasteiger partial charge in [-0.15, -0.1) is 0 Å². The monoisotopic (exact) mass is 330 g/mol. The minimum absolute atomic E-state index is 0.181. The summed E-state index contributed by atoms with van der Waals surface area (Å²) in [5.41, 5.74) is 1.50. The lowest BCUT2D eigenvalue weighted by molar-refractivity contribution is -0.139. The number of hydrogen-bond donors (Lipinski definition) is 0. The van der Waals surface area contributed by atoms with Crippen molar-refractivity contribution in [2.75, 3.05) is 20.3 Å². The van der Waals surface area contributed by atoms with Crippen LogP contribution >= 0.6 is 0 Å². The first kappa shape index (κ1) is 16.4. The molecule has 2 heterocycles. The molecule has 1 aliphatic rings. The Morgan fingerprint density at radius 2 is 2.25 bits per heavy atom. The minimum Gasteiger partial charge on any atom is -0.477 e. The van der Waals surface area contributed by atoms with E-state index < -0.39 is 11.9 Å². The molecule has 2 aromatic rings. The number of halogens is 1. The van der Waals surface area contributed by atoms with Crippen LogP contribution in [0.2, 0.25) is 0 Å². The van der Waals surface area contributed by atoms with Crippen LogP contribution in [0.4, 0.5) is 4.39 Å². The Morgan fingerprint density at radius 3 is 2.96 bits per heavy atom. The highest BCUT2D eigenvalue weighted by molar-refractivity contribution is 5.82. The van der Waals surface area contributed by atoms with Crippen LogP contribution in [0.3, 0.4) is 0 Å². The number of carbonyl (C=O) groups excluding carboxylic acids is 1. The first-order valence-corrected chi connectivity index (χ1v) is 7.80. The zero-order valence-electron chi connectivity index (χ0n) is 13.4. The maximum absolute atomic E-state index is 13.8. The number of rotatable bonds is 6. The molecule has 0 N–H and O–H groups in total. The van der Waals surface area contributed by atoms with Crippen LogP contribution < -0.4 is 4.74 Å². The highest BCUT2D eigenvalue weighted by Gasteiger charge is 2.34. The molecular weight excluding hydrogens is 311 g/mol. The Bertz CT molecular complexity index is 709. The van der Waals surface area contributed by atoms with Crippen LogP contribution in [0.5, 0.6) is 5.75 Å². The van der Waals surface area contributed by atoms with Gasteiger partial charge in [-0.3, -0.25) is 9.78 Å². The number of hydrogen-bond acceptors (Lipinski definition) is 4. The smallest absolute Gasteiger partial charge is 0.264 e. The standard InChI is InChI=1S/C18H19FN2O3/c1-23-10-9-21(12-14-6-2-3-8-20-14)18(22)16-11-13-5-4-7-15(19)17(13)24-16/h2-8,16H,9-12H2,1H3. The van der Waals surface area contributed by atoms with Crippen molar-refractivity contribution in [3.63, 3.8) is 0 Å². The normalized spacial score (nSPS) is 15.7. The molecule has 1 aromatic heterocycles. The van der Waals surface area contributed by atoms with Crippen molar-refractivity contribution < 1.29 is 18.7 Å². The van der Waals surface area contributed by atoms with Crippen LogP contribution in [0.25, 0.3) is 0 Å². The molecule has 6 heteroatoms. The molecule has 3 rings (SSSR count). The van der Waals surface area contributed by atoms with E-state index in [1.54, 1.807) is 30.3 Å². The number of ether oxygens (including phenoxy) is 2. The van der Waals surface area contributed by atoms with Gasteiger partial charge in [0, 0.05) is 31.8 Å². The van der Waals surface area contributed by atoms with E-state index in [9.17, 15) is 9.18 Å². The van der Waals surface area contributed by atoms with Crippen molar-refractivity contribution in [2.24, 2.45) is 0 Å². The fourth-order valence-electron chi connectivity index (χ4n) is 2.73. The van der Waals surface area contributed by atoms with Gasteiger partial charge in [0.15, 0.2) is 17.7 Å². The van der Waals surface area contributed by atoms with Gasteiger partial charge in [0.1, 0.15) is 0 Å².